The second kappa shape index (κ2) is 4.30. The third-order valence-electron chi connectivity index (χ3n) is 0.905. The van der Waals surface area contributed by atoms with E-state index in [0.717, 1.165) is 12.3 Å². The minimum Gasteiger partial charge on any atom is -0.290 e. The summed E-state index contributed by atoms with van der Waals surface area (Å²) >= 11 is 0. The maximum Gasteiger partial charge on any atom is 0.0364 e. The van der Waals surface area contributed by atoms with Crippen molar-refractivity contribution < 1.29 is 0 Å². The summed E-state index contributed by atoms with van der Waals surface area (Å²) in [5, 5.41) is 0. The fraction of sp³-hybridized carbons (Fsp3) is 0.625. The molecule has 0 saturated carbocycles. The van der Waals surface area contributed by atoms with Crippen LogP contribution in [0.2, 0.25) is 0 Å². The Hall–Kier alpha value is -0.590. The van der Waals surface area contributed by atoms with Gasteiger partial charge in [-0.1, -0.05) is 5.57 Å². The molecule has 0 bridgehead atoms. The lowest BCUT2D eigenvalue weighted by molar-refractivity contribution is 1.13. The highest BCUT2D eigenvalue weighted by atomic mass is 14.7. The molecule has 1 nitrogen and oxygen atoms in total. The number of rotatable bonds is 2. The molecule has 9 heavy (non-hydrogen) atoms. The molecule has 0 aliphatic heterocycles. The summed E-state index contributed by atoms with van der Waals surface area (Å²) in [5.41, 5.74) is 2.43. The summed E-state index contributed by atoms with van der Waals surface area (Å²) in [6.45, 7) is 9.11. The summed E-state index contributed by atoms with van der Waals surface area (Å²) in [7, 11) is 0. The summed E-state index contributed by atoms with van der Waals surface area (Å²) < 4.78 is 0. The van der Waals surface area contributed by atoms with E-state index in [-0.39, 0.29) is 0 Å². The van der Waals surface area contributed by atoms with Gasteiger partial charge in [0.15, 0.2) is 0 Å². The van der Waals surface area contributed by atoms with E-state index in [1.54, 1.807) is 0 Å². The molecular weight excluding hydrogens is 110 g/mol. The van der Waals surface area contributed by atoms with Gasteiger partial charge in [-0.25, -0.2) is 0 Å². The normalized spacial score (nSPS) is 11.3. The molecule has 0 aromatic carbocycles. The van der Waals surface area contributed by atoms with Crippen molar-refractivity contribution in [1.82, 2.24) is 0 Å². The van der Waals surface area contributed by atoms with Gasteiger partial charge >= 0.3 is 0 Å². The Kier molecular flexibility index (Phi) is 4.02. The summed E-state index contributed by atoms with van der Waals surface area (Å²) in [5.74, 6) is 0. The quantitative estimate of drug-likeness (QED) is 0.503. The topological polar surface area (TPSA) is 12.4 Å². The Morgan fingerprint density at radius 3 is 2.22 bits per heavy atom. The lowest BCUT2D eigenvalue weighted by Gasteiger charge is -1.90. The monoisotopic (exact) mass is 125 g/mol. The highest BCUT2D eigenvalue weighted by Crippen LogP contribution is 1.90. The van der Waals surface area contributed by atoms with Crippen LogP contribution in [-0.2, 0) is 0 Å². The van der Waals surface area contributed by atoms with Crippen LogP contribution in [0.15, 0.2) is 16.6 Å². The largest absolute Gasteiger partial charge is 0.290 e. The smallest absolute Gasteiger partial charge is 0.0364 e. The molecule has 0 aromatic heterocycles. The minimum absolute atomic E-state index is 0.885. The zero-order valence-corrected chi connectivity index (χ0v) is 6.73. The molecule has 0 atom stereocenters. The number of aliphatic imine (C=N–C) groups is 1. The molecule has 0 fully saturated rings. The van der Waals surface area contributed by atoms with Gasteiger partial charge in [-0.3, -0.25) is 4.99 Å². The zero-order chi connectivity index (χ0) is 7.28. The first kappa shape index (κ1) is 8.41. The van der Waals surface area contributed by atoms with Crippen molar-refractivity contribution in [3.8, 4) is 0 Å². The lowest BCUT2D eigenvalue weighted by Crippen LogP contribution is -1.86. The highest BCUT2D eigenvalue weighted by Gasteiger charge is 1.80. The number of nitrogens with zero attached hydrogens (tertiary/aromatic N) is 1. The summed E-state index contributed by atoms with van der Waals surface area (Å²) in [6.07, 6.45) is 2.09. The second-order valence-corrected chi connectivity index (χ2v) is 2.34. The fourth-order valence-corrected chi connectivity index (χ4v) is 0.713. The van der Waals surface area contributed by atoms with Crippen molar-refractivity contribution in [3.63, 3.8) is 0 Å². The van der Waals surface area contributed by atoms with E-state index in [2.05, 4.69) is 24.9 Å². The number of hydrogen-bond donors (Lipinski definition) is 0. The molecule has 0 radical (unpaired) electrons. The summed E-state index contributed by atoms with van der Waals surface area (Å²) in [6, 6.07) is 0. The minimum atomic E-state index is 0.885. The molecule has 0 unspecified atom stereocenters. The standard InChI is InChI=1S/C8H15N/c1-5-9-8(4)6-7(2)3/h6H,5H2,1-4H3/b9-8-. The molecule has 52 valence electrons. The van der Waals surface area contributed by atoms with E-state index < -0.39 is 0 Å². The van der Waals surface area contributed by atoms with Gasteiger partial charge in [0, 0.05) is 12.3 Å². The number of allylic oxidation sites excluding steroid dienone is 2. The molecule has 0 aliphatic carbocycles. The predicted octanol–water partition coefficient (Wildman–Crippen LogP) is 2.43. The Morgan fingerprint density at radius 1 is 1.33 bits per heavy atom. The van der Waals surface area contributed by atoms with Crippen molar-refractivity contribution in [3.05, 3.63) is 11.6 Å². The van der Waals surface area contributed by atoms with Crippen molar-refractivity contribution in [2.24, 2.45) is 4.99 Å². The third-order valence-corrected chi connectivity index (χ3v) is 0.905. The predicted molar refractivity (Wildman–Crippen MR) is 43.1 cm³/mol. The Bertz CT molecular complexity index is 128. The maximum atomic E-state index is 4.20. The zero-order valence-electron chi connectivity index (χ0n) is 6.73. The van der Waals surface area contributed by atoms with Crippen molar-refractivity contribution in [2.45, 2.75) is 27.7 Å². The van der Waals surface area contributed by atoms with Crippen LogP contribution >= 0.6 is 0 Å². The first-order valence-corrected chi connectivity index (χ1v) is 3.32. The van der Waals surface area contributed by atoms with Gasteiger partial charge in [0.1, 0.15) is 0 Å². The fourth-order valence-electron chi connectivity index (χ4n) is 0.713. The van der Waals surface area contributed by atoms with Crippen LogP contribution in [0.5, 0.6) is 0 Å². The van der Waals surface area contributed by atoms with Gasteiger partial charge in [0.2, 0.25) is 0 Å². The molecule has 0 heterocycles. The van der Waals surface area contributed by atoms with E-state index in [1.807, 2.05) is 13.8 Å². The third kappa shape index (κ3) is 5.28. The number of hydrogen-bond acceptors (Lipinski definition) is 1. The molecule has 0 aliphatic rings. The van der Waals surface area contributed by atoms with Crippen LogP contribution in [0.1, 0.15) is 27.7 Å². The van der Waals surface area contributed by atoms with Gasteiger partial charge in [-0.15, -0.1) is 0 Å². The average Bonchev–Trinajstić information content (AvgIpc) is 1.63. The molecular formula is C8H15N. The van der Waals surface area contributed by atoms with Crippen LogP contribution in [0, 0.1) is 0 Å². The van der Waals surface area contributed by atoms with Crippen LogP contribution < -0.4 is 0 Å². The molecule has 0 saturated heterocycles. The van der Waals surface area contributed by atoms with E-state index in [1.165, 1.54) is 5.57 Å². The Labute approximate surface area is 57.5 Å². The molecule has 0 rings (SSSR count). The Balaban J connectivity index is 3.90. The van der Waals surface area contributed by atoms with Crippen LogP contribution in [0.4, 0.5) is 0 Å². The van der Waals surface area contributed by atoms with Gasteiger partial charge in [0.25, 0.3) is 0 Å². The first-order valence-electron chi connectivity index (χ1n) is 3.32. The van der Waals surface area contributed by atoms with Crippen molar-refractivity contribution in [2.75, 3.05) is 6.54 Å². The van der Waals surface area contributed by atoms with Crippen LogP contribution in [0.25, 0.3) is 0 Å². The van der Waals surface area contributed by atoms with Crippen molar-refractivity contribution in [1.29, 1.82) is 0 Å². The van der Waals surface area contributed by atoms with Crippen molar-refractivity contribution >= 4 is 5.71 Å². The first-order chi connectivity index (χ1) is 4.16. The van der Waals surface area contributed by atoms with Gasteiger partial charge < -0.3 is 0 Å². The van der Waals surface area contributed by atoms with E-state index in [9.17, 15) is 0 Å². The van der Waals surface area contributed by atoms with Gasteiger partial charge in [0.05, 0.1) is 0 Å². The van der Waals surface area contributed by atoms with Gasteiger partial charge in [-0.05, 0) is 33.8 Å². The molecule has 0 N–H and O–H groups in total. The molecule has 0 aromatic rings. The molecule has 0 amide bonds. The molecule has 0 spiro atoms. The van der Waals surface area contributed by atoms with Gasteiger partial charge in [-0.2, -0.15) is 0 Å². The lowest BCUT2D eigenvalue weighted by atomic mass is 10.2. The summed E-state index contributed by atoms with van der Waals surface area (Å²) in [4.78, 5) is 4.20. The average molecular weight is 125 g/mol. The second-order valence-electron chi connectivity index (χ2n) is 2.34. The Morgan fingerprint density at radius 2 is 1.89 bits per heavy atom. The van der Waals surface area contributed by atoms with E-state index >= 15 is 0 Å². The van der Waals surface area contributed by atoms with Crippen LogP contribution in [-0.4, -0.2) is 12.3 Å². The van der Waals surface area contributed by atoms with E-state index in [4.69, 9.17) is 0 Å². The van der Waals surface area contributed by atoms with Crippen LogP contribution in [0.3, 0.4) is 0 Å². The SMILES string of the molecule is CC/N=C(/C)C=C(C)C. The van der Waals surface area contributed by atoms with E-state index in [0.29, 0.717) is 0 Å². The molecule has 1 heteroatoms. The highest BCUT2D eigenvalue weighted by molar-refractivity contribution is 5.93. The maximum absolute atomic E-state index is 4.20.